The van der Waals surface area contributed by atoms with Crippen LogP contribution in [-0.2, 0) is 6.54 Å². The number of anilines is 2. The highest BCUT2D eigenvalue weighted by molar-refractivity contribution is 5.25. The van der Waals surface area contributed by atoms with Gasteiger partial charge in [-0.25, -0.2) is 0 Å². The second kappa shape index (κ2) is 5.45. The maximum atomic E-state index is 5.74. The lowest BCUT2D eigenvalue weighted by Crippen LogP contribution is -2.43. The predicted octanol–water partition coefficient (Wildman–Crippen LogP) is -0.405. The standard InChI is InChI=1S/C11H21N7/c1-7-2-3-8(4-12)5-18(7)6-9-15-10(13)17-11(14)16-9/h7-8H,2-6,12H2,1H3,(H4,13,14,15,16,17). The molecule has 2 unspecified atom stereocenters. The monoisotopic (exact) mass is 251 g/mol. The first kappa shape index (κ1) is 13.0. The Morgan fingerprint density at radius 1 is 1.17 bits per heavy atom. The molecule has 2 atom stereocenters. The van der Waals surface area contributed by atoms with Gasteiger partial charge in [0, 0.05) is 12.6 Å². The lowest BCUT2D eigenvalue weighted by molar-refractivity contribution is 0.110. The van der Waals surface area contributed by atoms with Crippen LogP contribution < -0.4 is 17.2 Å². The first-order valence-electron chi connectivity index (χ1n) is 6.28. The topological polar surface area (TPSA) is 120 Å². The van der Waals surface area contributed by atoms with Gasteiger partial charge in [0.2, 0.25) is 11.9 Å². The molecule has 0 radical (unpaired) electrons. The average Bonchev–Trinajstić information content (AvgIpc) is 2.30. The fourth-order valence-corrected chi connectivity index (χ4v) is 2.38. The number of nitrogens with two attached hydrogens (primary N) is 3. The van der Waals surface area contributed by atoms with Crippen molar-refractivity contribution < 1.29 is 0 Å². The van der Waals surface area contributed by atoms with Gasteiger partial charge < -0.3 is 17.2 Å². The number of aromatic nitrogens is 3. The molecule has 0 bridgehead atoms. The smallest absolute Gasteiger partial charge is 0.225 e. The molecule has 0 spiro atoms. The molecule has 0 aromatic carbocycles. The van der Waals surface area contributed by atoms with E-state index in [2.05, 4.69) is 26.8 Å². The molecule has 1 fully saturated rings. The van der Waals surface area contributed by atoms with Gasteiger partial charge in [-0.15, -0.1) is 0 Å². The van der Waals surface area contributed by atoms with Gasteiger partial charge in [-0.05, 0) is 32.2 Å². The Bertz CT molecular complexity index is 388. The van der Waals surface area contributed by atoms with E-state index in [-0.39, 0.29) is 11.9 Å². The molecule has 0 amide bonds. The van der Waals surface area contributed by atoms with E-state index in [0.29, 0.717) is 24.3 Å². The van der Waals surface area contributed by atoms with E-state index in [9.17, 15) is 0 Å². The predicted molar refractivity (Wildman–Crippen MR) is 70.3 cm³/mol. The summed E-state index contributed by atoms with van der Waals surface area (Å²) in [6.07, 6.45) is 2.34. The molecule has 0 aliphatic carbocycles. The summed E-state index contributed by atoms with van der Waals surface area (Å²) in [5.74, 6) is 1.54. The fourth-order valence-electron chi connectivity index (χ4n) is 2.38. The summed E-state index contributed by atoms with van der Waals surface area (Å²) in [7, 11) is 0. The number of hydrogen-bond acceptors (Lipinski definition) is 7. The van der Waals surface area contributed by atoms with Crippen LogP contribution in [0.15, 0.2) is 0 Å². The van der Waals surface area contributed by atoms with Gasteiger partial charge in [0.05, 0.1) is 6.54 Å². The number of hydrogen-bond donors (Lipinski definition) is 3. The van der Waals surface area contributed by atoms with Crippen molar-refractivity contribution in [3.8, 4) is 0 Å². The number of nitrogens with zero attached hydrogens (tertiary/aromatic N) is 4. The Morgan fingerprint density at radius 2 is 1.83 bits per heavy atom. The zero-order valence-electron chi connectivity index (χ0n) is 10.7. The molecular formula is C11H21N7. The van der Waals surface area contributed by atoms with Gasteiger partial charge in [0.15, 0.2) is 0 Å². The van der Waals surface area contributed by atoms with Crippen LogP contribution in [0, 0.1) is 5.92 Å². The summed E-state index contributed by atoms with van der Waals surface area (Å²) >= 11 is 0. The first-order valence-corrected chi connectivity index (χ1v) is 6.28. The molecule has 1 aromatic heterocycles. The fraction of sp³-hybridized carbons (Fsp3) is 0.727. The zero-order chi connectivity index (χ0) is 13.1. The number of nitrogen functional groups attached to an aromatic ring is 2. The number of rotatable bonds is 3. The molecule has 1 aromatic rings. The summed E-state index contributed by atoms with van der Waals surface area (Å²) in [4.78, 5) is 14.3. The minimum Gasteiger partial charge on any atom is -0.368 e. The largest absolute Gasteiger partial charge is 0.368 e. The van der Waals surface area contributed by atoms with Gasteiger partial charge in [-0.3, -0.25) is 4.90 Å². The van der Waals surface area contributed by atoms with Crippen molar-refractivity contribution in [3.63, 3.8) is 0 Å². The highest BCUT2D eigenvalue weighted by atomic mass is 15.2. The normalized spacial score (nSPS) is 25.2. The molecule has 7 heteroatoms. The molecule has 1 saturated heterocycles. The summed E-state index contributed by atoms with van der Waals surface area (Å²) in [5, 5.41) is 0. The Hall–Kier alpha value is -1.47. The van der Waals surface area contributed by atoms with Crippen LogP contribution in [-0.4, -0.2) is 39.0 Å². The molecule has 1 aliphatic rings. The summed E-state index contributed by atoms with van der Waals surface area (Å²) < 4.78 is 0. The van der Waals surface area contributed by atoms with Crippen molar-refractivity contribution in [2.75, 3.05) is 24.6 Å². The van der Waals surface area contributed by atoms with Crippen LogP contribution in [0.25, 0.3) is 0 Å². The second-order valence-electron chi connectivity index (χ2n) is 4.93. The zero-order valence-corrected chi connectivity index (χ0v) is 10.7. The van der Waals surface area contributed by atoms with Crippen LogP contribution >= 0.6 is 0 Å². The minimum atomic E-state index is 0.178. The molecule has 2 rings (SSSR count). The van der Waals surface area contributed by atoms with E-state index in [0.717, 1.165) is 19.5 Å². The van der Waals surface area contributed by atoms with E-state index >= 15 is 0 Å². The lowest BCUT2D eigenvalue weighted by atomic mass is 9.93. The number of likely N-dealkylation sites (tertiary alicyclic amines) is 1. The number of piperidine rings is 1. The third-order valence-corrected chi connectivity index (χ3v) is 3.50. The summed E-state index contributed by atoms with van der Waals surface area (Å²) in [5.41, 5.74) is 16.9. The molecule has 6 N–H and O–H groups in total. The summed E-state index contributed by atoms with van der Waals surface area (Å²) in [6, 6.07) is 0.506. The Balaban J connectivity index is 2.06. The Kier molecular flexibility index (Phi) is 3.93. The first-order chi connectivity index (χ1) is 8.58. The van der Waals surface area contributed by atoms with E-state index in [1.807, 2.05) is 0 Å². The average molecular weight is 251 g/mol. The van der Waals surface area contributed by atoms with Gasteiger partial charge >= 0.3 is 0 Å². The van der Waals surface area contributed by atoms with Gasteiger partial charge in [0.25, 0.3) is 0 Å². The van der Waals surface area contributed by atoms with E-state index in [1.165, 1.54) is 6.42 Å². The van der Waals surface area contributed by atoms with E-state index in [1.54, 1.807) is 0 Å². The van der Waals surface area contributed by atoms with E-state index < -0.39 is 0 Å². The van der Waals surface area contributed by atoms with Gasteiger partial charge in [-0.2, -0.15) is 15.0 Å². The van der Waals surface area contributed by atoms with Gasteiger partial charge in [-0.1, -0.05) is 0 Å². The molecule has 7 nitrogen and oxygen atoms in total. The van der Waals surface area contributed by atoms with Crippen LogP contribution in [0.1, 0.15) is 25.6 Å². The van der Waals surface area contributed by atoms with Crippen LogP contribution in [0.2, 0.25) is 0 Å². The highest BCUT2D eigenvalue weighted by Crippen LogP contribution is 2.22. The lowest BCUT2D eigenvalue weighted by Gasteiger charge is -2.37. The third kappa shape index (κ3) is 3.05. The Morgan fingerprint density at radius 3 is 2.44 bits per heavy atom. The van der Waals surface area contributed by atoms with Crippen molar-refractivity contribution in [1.82, 2.24) is 19.9 Å². The SMILES string of the molecule is CC1CCC(CN)CN1Cc1nc(N)nc(N)n1. The maximum Gasteiger partial charge on any atom is 0.225 e. The van der Waals surface area contributed by atoms with Crippen molar-refractivity contribution in [2.24, 2.45) is 11.7 Å². The van der Waals surface area contributed by atoms with Gasteiger partial charge in [0.1, 0.15) is 5.82 Å². The van der Waals surface area contributed by atoms with Crippen molar-refractivity contribution in [2.45, 2.75) is 32.4 Å². The van der Waals surface area contributed by atoms with Crippen molar-refractivity contribution in [3.05, 3.63) is 5.82 Å². The highest BCUT2D eigenvalue weighted by Gasteiger charge is 2.25. The third-order valence-electron chi connectivity index (χ3n) is 3.50. The van der Waals surface area contributed by atoms with Crippen LogP contribution in [0.3, 0.4) is 0 Å². The van der Waals surface area contributed by atoms with E-state index in [4.69, 9.17) is 17.2 Å². The summed E-state index contributed by atoms with van der Waals surface area (Å²) in [6.45, 7) is 4.56. The molecule has 1 aliphatic heterocycles. The van der Waals surface area contributed by atoms with Crippen LogP contribution in [0.5, 0.6) is 0 Å². The molecule has 2 heterocycles. The minimum absolute atomic E-state index is 0.178. The van der Waals surface area contributed by atoms with Crippen molar-refractivity contribution in [1.29, 1.82) is 0 Å². The van der Waals surface area contributed by atoms with Crippen LogP contribution in [0.4, 0.5) is 11.9 Å². The second-order valence-corrected chi connectivity index (χ2v) is 4.93. The maximum absolute atomic E-state index is 5.74. The molecule has 18 heavy (non-hydrogen) atoms. The Labute approximate surface area is 107 Å². The molecule has 100 valence electrons. The molecular weight excluding hydrogens is 230 g/mol. The van der Waals surface area contributed by atoms with Crippen molar-refractivity contribution >= 4 is 11.9 Å². The molecule has 0 saturated carbocycles. The quantitative estimate of drug-likeness (QED) is 0.668.